The zero-order valence-corrected chi connectivity index (χ0v) is 11.4. The molecule has 0 saturated carbocycles. The molecule has 100 valence electrons. The molecule has 1 aromatic carbocycles. The van der Waals surface area contributed by atoms with Gasteiger partial charge >= 0.3 is 0 Å². The van der Waals surface area contributed by atoms with Crippen molar-refractivity contribution in [1.29, 1.82) is 0 Å². The van der Waals surface area contributed by atoms with Crippen LogP contribution in [-0.2, 0) is 0 Å². The minimum Gasteiger partial charge on any atom is -0.397 e. The lowest BCUT2D eigenvalue weighted by Gasteiger charge is -2.18. The Balaban J connectivity index is 2.71. The van der Waals surface area contributed by atoms with E-state index in [0.717, 1.165) is 18.5 Å². The molecule has 4 heteroatoms. The second kappa shape index (κ2) is 6.28. The Bertz CT molecular complexity index is 416. The maximum absolute atomic E-state index is 11.1. The first-order chi connectivity index (χ1) is 8.40. The SMILES string of the molecule is CC(C)CCC(C)Nc1cc(C(N)=O)ccc1N. The first-order valence-electron chi connectivity index (χ1n) is 6.36. The number of nitrogens with one attached hydrogen (secondary N) is 1. The third-order valence-corrected chi connectivity index (χ3v) is 2.92. The summed E-state index contributed by atoms with van der Waals surface area (Å²) in [7, 11) is 0. The van der Waals surface area contributed by atoms with Crippen LogP contribution >= 0.6 is 0 Å². The number of primary amides is 1. The zero-order valence-electron chi connectivity index (χ0n) is 11.4. The van der Waals surface area contributed by atoms with Crippen molar-refractivity contribution in [3.63, 3.8) is 0 Å². The summed E-state index contributed by atoms with van der Waals surface area (Å²) in [5, 5.41) is 3.33. The fourth-order valence-electron chi connectivity index (χ4n) is 1.76. The molecule has 0 spiro atoms. The van der Waals surface area contributed by atoms with Gasteiger partial charge in [0.15, 0.2) is 0 Å². The summed E-state index contributed by atoms with van der Waals surface area (Å²) in [4.78, 5) is 11.1. The summed E-state index contributed by atoms with van der Waals surface area (Å²) in [6, 6.07) is 5.38. The molecule has 1 unspecified atom stereocenters. The molecule has 0 bridgehead atoms. The van der Waals surface area contributed by atoms with Crippen LogP contribution in [0.15, 0.2) is 18.2 Å². The van der Waals surface area contributed by atoms with E-state index in [0.29, 0.717) is 23.2 Å². The Hall–Kier alpha value is -1.71. The van der Waals surface area contributed by atoms with Crippen LogP contribution in [0.4, 0.5) is 11.4 Å². The summed E-state index contributed by atoms with van der Waals surface area (Å²) in [5.74, 6) is 0.247. The molecule has 1 amide bonds. The van der Waals surface area contributed by atoms with E-state index >= 15 is 0 Å². The monoisotopic (exact) mass is 249 g/mol. The molecule has 18 heavy (non-hydrogen) atoms. The first kappa shape index (κ1) is 14.4. The van der Waals surface area contributed by atoms with Crippen LogP contribution in [0.3, 0.4) is 0 Å². The van der Waals surface area contributed by atoms with Crippen LogP contribution in [0, 0.1) is 5.92 Å². The molecule has 0 fully saturated rings. The Morgan fingerprint density at radius 2 is 1.94 bits per heavy atom. The third kappa shape index (κ3) is 4.28. The van der Waals surface area contributed by atoms with Crippen molar-refractivity contribution in [2.45, 2.75) is 39.7 Å². The van der Waals surface area contributed by atoms with Crippen LogP contribution in [0.25, 0.3) is 0 Å². The molecule has 0 aliphatic heterocycles. The molecule has 0 aromatic heterocycles. The largest absolute Gasteiger partial charge is 0.397 e. The van der Waals surface area contributed by atoms with Gasteiger partial charge in [-0.2, -0.15) is 0 Å². The number of benzene rings is 1. The number of carbonyl (C=O) groups is 1. The van der Waals surface area contributed by atoms with Gasteiger partial charge in [0.05, 0.1) is 11.4 Å². The van der Waals surface area contributed by atoms with Gasteiger partial charge in [-0.1, -0.05) is 13.8 Å². The van der Waals surface area contributed by atoms with E-state index in [1.54, 1.807) is 18.2 Å². The van der Waals surface area contributed by atoms with Gasteiger partial charge in [0.1, 0.15) is 0 Å². The molecular weight excluding hydrogens is 226 g/mol. The Labute approximate surface area is 109 Å². The van der Waals surface area contributed by atoms with Gasteiger partial charge in [0.2, 0.25) is 5.91 Å². The van der Waals surface area contributed by atoms with Crippen molar-refractivity contribution in [3.8, 4) is 0 Å². The number of rotatable bonds is 6. The molecular formula is C14H23N3O. The van der Waals surface area contributed by atoms with Crippen molar-refractivity contribution < 1.29 is 4.79 Å². The first-order valence-corrected chi connectivity index (χ1v) is 6.36. The van der Waals surface area contributed by atoms with E-state index in [1.807, 2.05) is 0 Å². The second-order valence-electron chi connectivity index (χ2n) is 5.18. The van der Waals surface area contributed by atoms with Gasteiger partial charge in [-0.05, 0) is 43.9 Å². The van der Waals surface area contributed by atoms with Crippen LogP contribution in [0.5, 0.6) is 0 Å². The maximum Gasteiger partial charge on any atom is 0.248 e. The van der Waals surface area contributed by atoms with E-state index in [1.165, 1.54) is 0 Å². The highest BCUT2D eigenvalue weighted by molar-refractivity contribution is 5.94. The summed E-state index contributed by atoms with van der Waals surface area (Å²) in [5.41, 5.74) is 13.0. The third-order valence-electron chi connectivity index (χ3n) is 2.92. The van der Waals surface area contributed by atoms with E-state index < -0.39 is 5.91 Å². The minimum atomic E-state index is -0.437. The molecule has 4 nitrogen and oxygen atoms in total. The lowest BCUT2D eigenvalue weighted by molar-refractivity contribution is 0.100. The van der Waals surface area contributed by atoms with Crippen molar-refractivity contribution >= 4 is 17.3 Å². The number of hydrogen-bond donors (Lipinski definition) is 3. The minimum absolute atomic E-state index is 0.317. The molecule has 1 aromatic rings. The van der Waals surface area contributed by atoms with Gasteiger partial charge in [-0.15, -0.1) is 0 Å². The van der Waals surface area contributed by atoms with Gasteiger partial charge in [-0.25, -0.2) is 0 Å². The Morgan fingerprint density at radius 3 is 2.50 bits per heavy atom. The molecule has 0 heterocycles. The number of hydrogen-bond acceptors (Lipinski definition) is 3. The van der Waals surface area contributed by atoms with Crippen molar-refractivity contribution in [2.75, 3.05) is 11.1 Å². The van der Waals surface area contributed by atoms with Crippen molar-refractivity contribution in [3.05, 3.63) is 23.8 Å². The van der Waals surface area contributed by atoms with Gasteiger partial charge in [0.25, 0.3) is 0 Å². The molecule has 1 rings (SSSR count). The van der Waals surface area contributed by atoms with Gasteiger partial charge in [0, 0.05) is 11.6 Å². The summed E-state index contributed by atoms with van der Waals surface area (Å²) >= 11 is 0. The van der Waals surface area contributed by atoms with Crippen molar-refractivity contribution in [2.24, 2.45) is 11.7 Å². The number of nitrogen functional groups attached to an aromatic ring is 1. The van der Waals surface area contributed by atoms with E-state index in [9.17, 15) is 4.79 Å². The maximum atomic E-state index is 11.1. The van der Waals surface area contributed by atoms with Crippen LogP contribution < -0.4 is 16.8 Å². The fourth-order valence-corrected chi connectivity index (χ4v) is 1.76. The lowest BCUT2D eigenvalue weighted by atomic mass is 10.0. The second-order valence-corrected chi connectivity index (χ2v) is 5.18. The van der Waals surface area contributed by atoms with E-state index in [-0.39, 0.29) is 0 Å². The molecule has 1 atom stereocenters. The highest BCUT2D eigenvalue weighted by Gasteiger charge is 2.08. The number of nitrogens with two attached hydrogens (primary N) is 2. The normalized spacial score (nSPS) is 12.4. The fraction of sp³-hybridized carbons (Fsp3) is 0.500. The zero-order chi connectivity index (χ0) is 13.7. The van der Waals surface area contributed by atoms with Crippen LogP contribution in [0.1, 0.15) is 44.0 Å². The molecule has 0 saturated heterocycles. The highest BCUT2D eigenvalue weighted by atomic mass is 16.1. The van der Waals surface area contributed by atoms with Crippen molar-refractivity contribution in [1.82, 2.24) is 0 Å². The summed E-state index contributed by atoms with van der Waals surface area (Å²) < 4.78 is 0. The topological polar surface area (TPSA) is 81.1 Å². The standard InChI is InChI=1S/C14H23N3O/c1-9(2)4-5-10(3)17-13-8-11(14(16)18)6-7-12(13)15/h6-10,17H,4-5,15H2,1-3H3,(H2,16,18). The molecule has 0 aliphatic rings. The number of amides is 1. The van der Waals surface area contributed by atoms with E-state index in [4.69, 9.17) is 11.5 Å². The molecule has 5 N–H and O–H groups in total. The number of carbonyl (C=O) groups excluding carboxylic acids is 1. The molecule has 0 aliphatic carbocycles. The summed E-state index contributed by atoms with van der Waals surface area (Å²) in [6.45, 7) is 6.52. The van der Waals surface area contributed by atoms with Gasteiger partial charge in [-0.3, -0.25) is 4.79 Å². The van der Waals surface area contributed by atoms with E-state index in [2.05, 4.69) is 26.1 Å². The average molecular weight is 249 g/mol. The molecule has 0 radical (unpaired) electrons. The number of anilines is 2. The predicted molar refractivity (Wildman–Crippen MR) is 76.5 cm³/mol. The average Bonchev–Trinajstić information content (AvgIpc) is 2.29. The predicted octanol–water partition coefficient (Wildman–Crippen LogP) is 2.60. The Morgan fingerprint density at radius 1 is 1.28 bits per heavy atom. The quantitative estimate of drug-likeness (QED) is 0.678. The van der Waals surface area contributed by atoms with Crippen LogP contribution in [-0.4, -0.2) is 11.9 Å². The van der Waals surface area contributed by atoms with Crippen LogP contribution in [0.2, 0.25) is 0 Å². The smallest absolute Gasteiger partial charge is 0.248 e. The lowest BCUT2D eigenvalue weighted by Crippen LogP contribution is -2.18. The Kier molecular flexibility index (Phi) is 5.01. The highest BCUT2D eigenvalue weighted by Crippen LogP contribution is 2.22. The van der Waals surface area contributed by atoms with Gasteiger partial charge < -0.3 is 16.8 Å². The summed E-state index contributed by atoms with van der Waals surface area (Å²) in [6.07, 6.45) is 2.22.